The van der Waals surface area contributed by atoms with E-state index in [9.17, 15) is 19.2 Å². The van der Waals surface area contributed by atoms with Crippen LogP contribution in [0, 0.1) is 11.8 Å². The van der Waals surface area contributed by atoms with E-state index < -0.39 is 5.97 Å². The number of carbonyl (C=O) groups is 4. The highest BCUT2D eigenvalue weighted by Gasteiger charge is 2.48. The molecule has 0 radical (unpaired) electrons. The van der Waals surface area contributed by atoms with Gasteiger partial charge in [0.1, 0.15) is 18.9 Å². The van der Waals surface area contributed by atoms with Crippen LogP contribution in [0.4, 0.5) is 0 Å². The Morgan fingerprint density at radius 3 is 2.30 bits per heavy atom. The van der Waals surface area contributed by atoms with Gasteiger partial charge in [-0.3, -0.25) is 24.1 Å². The van der Waals surface area contributed by atoms with Gasteiger partial charge in [-0.1, -0.05) is 12.8 Å². The second-order valence-electron chi connectivity index (χ2n) is 7.00. The first-order valence-electron chi connectivity index (χ1n) is 9.11. The van der Waals surface area contributed by atoms with Gasteiger partial charge in [0.05, 0.1) is 18.9 Å². The Kier molecular flexibility index (Phi) is 5.58. The number of imide groups is 1. The molecule has 1 saturated heterocycles. The van der Waals surface area contributed by atoms with Gasteiger partial charge < -0.3 is 9.47 Å². The van der Waals surface area contributed by atoms with Gasteiger partial charge in [-0.2, -0.15) is 0 Å². The average Bonchev–Trinajstić information content (AvgIpc) is 2.91. The van der Waals surface area contributed by atoms with Crippen molar-refractivity contribution in [3.8, 4) is 5.75 Å². The summed E-state index contributed by atoms with van der Waals surface area (Å²) in [6.45, 7) is 0.965. The van der Waals surface area contributed by atoms with Crippen LogP contribution in [-0.4, -0.2) is 42.1 Å². The fraction of sp³-hybridized carbons (Fsp3) is 0.500. The normalized spacial score (nSPS) is 21.8. The molecule has 2 amide bonds. The third-order valence-corrected chi connectivity index (χ3v) is 5.30. The predicted octanol–water partition coefficient (Wildman–Crippen LogP) is 2.12. The summed E-state index contributed by atoms with van der Waals surface area (Å²) in [4.78, 5) is 49.6. The van der Waals surface area contributed by atoms with E-state index >= 15 is 0 Å². The highest BCUT2D eigenvalue weighted by Crippen LogP contribution is 2.37. The van der Waals surface area contributed by atoms with Crippen molar-refractivity contribution in [2.45, 2.75) is 39.2 Å². The van der Waals surface area contributed by atoms with Crippen molar-refractivity contribution in [2.75, 3.05) is 13.7 Å². The number of likely N-dealkylation sites (tertiary alicyclic amines) is 1. The largest absolute Gasteiger partial charge is 0.496 e. The first kappa shape index (κ1) is 19.1. The van der Waals surface area contributed by atoms with Crippen molar-refractivity contribution >= 4 is 23.6 Å². The summed E-state index contributed by atoms with van der Waals surface area (Å²) in [5, 5.41) is 0. The Balaban J connectivity index is 1.63. The Morgan fingerprint density at radius 2 is 1.74 bits per heavy atom. The van der Waals surface area contributed by atoms with Crippen LogP contribution >= 0.6 is 0 Å². The van der Waals surface area contributed by atoms with Crippen molar-refractivity contribution in [3.05, 3.63) is 29.3 Å². The van der Waals surface area contributed by atoms with Crippen LogP contribution in [0.15, 0.2) is 18.2 Å². The van der Waals surface area contributed by atoms with Gasteiger partial charge in [0.15, 0.2) is 5.78 Å². The lowest BCUT2D eigenvalue weighted by atomic mass is 9.81. The topological polar surface area (TPSA) is 90.0 Å². The number of methoxy groups -OCH3 is 1. The van der Waals surface area contributed by atoms with Crippen molar-refractivity contribution in [1.29, 1.82) is 0 Å². The molecule has 1 aliphatic carbocycles. The summed E-state index contributed by atoms with van der Waals surface area (Å²) in [5.41, 5.74) is 1.03. The van der Waals surface area contributed by atoms with Crippen molar-refractivity contribution in [3.63, 3.8) is 0 Å². The second kappa shape index (κ2) is 7.90. The summed E-state index contributed by atoms with van der Waals surface area (Å²) < 4.78 is 10.5. The minimum absolute atomic E-state index is 0.105. The zero-order valence-electron chi connectivity index (χ0n) is 15.5. The summed E-state index contributed by atoms with van der Waals surface area (Å²) >= 11 is 0. The maximum Gasteiger partial charge on any atom is 0.326 e. The number of Topliss-reactive ketones (excluding diaryl/α,β-unsaturated/α-hetero) is 1. The number of fused-ring (bicyclic) bond motifs is 1. The molecule has 2 fully saturated rings. The highest BCUT2D eigenvalue weighted by atomic mass is 16.5. The van der Waals surface area contributed by atoms with Crippen LogP contribution in [0.2, 0.25) is 0 Å². The number of ketones is 1. The van der Waals surface area contributed by atoms with E-state index in [-0.39, 0.29) is 42.6 Å². The van der Waals surface area contributed by atoms with E-state index in [0.717, 1.165) is 17.7 Å². The third kappa shape index (κ3) is 3.86. The van der Waals surface area contributed by atoms with E-state index in [0.29, 0.717) is 29.7 Å². The highest BCUT2D eigenvalue weighted by molar-refractivity contribution is 6.07. The predicted molar refractivity (Wildman–Crippen MR) is 95.0 cm³/mol. The molecule has 0 N–H and O–H groups in total. The van der Waals surface area contributed by atoms with E-state index in [4.69, 9.17) is 9.47 Å². The third-order valence-electron chi connectivity index (χ3n) is 5.30. The molecule has 27 heavy (non-hydrogen) atoms. The summed E-state index contributed by atoms with van der Waals surface area (Å²) in [7, 11) is 1.48. The van der Waals surface area contributed by atoms with Gasteiger partial charge >= 0.3 is 5.97 Å². The molecule has 3 rings (SSSR count). The van der Waals surface area contributed by atoms with Crippen LogP contribution in [0.25, 0.3) is 0 Å². The summed E-state index contributed by atoms with van der Waals surface area (Å²) in [5.74, 6) is -1.38. The Hall–Kier alpha value is -2.70. The number of benzene rings is 1. The molecule has 1 aromatic carbocycles. The van der Waals surface area contributed by atoms with E-state index in [1.807, 2.05) is 0 Å². The van der Waals surface area contributed by atoms with Gasteiger partial charge in [0.2, 0.25) is 11.8 Å². The zero-order chi connectivity index (χ0) is 19.6. The number of carbonyl (C=O) groups excluding carboxylic acids is 4. The first-order chi connectivity index (χ1) is 12.9. The molecule has 1 aromatic rings. The monoisotopic (exact) mass is 373 g/mol. The number of nitrogens with zero attached hydrogens (tertiary/aromatic N) is 1. The fourth-order valence-corrected chi connectivity index (χ4v) is 3.83. The fourth-order valence-electron chi connectivity index (χ4n) is 3.83. The van der Waals surface area contributed by atoms with E-state index in [1.54, 1.807) is 18.2 Å². The van der Waals surface area contributed by atoms with E-state index in [2.05, 4.69) is 0 Å². The molecule has 0 aromatic heterocycles. The molecule has 144 valence electrons. The van der Waals surface area contributed by atoms with E-state index in [1.165, 1.54) is 14.0 Å². The molecule has 7 nitrogen and oxygen atoms in total. The lowest BCUT2D eigenvalue weighted by Crippen LogP contribution is -2.36. The van der Waals surface area contributed by atoms with Crippen LogP contribution in [0.1, 0.15) is 48.5 Å². The number of hydrogen-bond acceptors (Lipinski definition) is 6. The maximum atomic E-state index is 12.4. The summed E-state index contributed by atoms with van der Waals surface area (Å²) in [6, 6.07) is 4.88. The van der Waals surface area contributed by atoms with Crippen LogP contribution < -0.4 is 4.74 Å². The number of amides is 2. The molecule has 1 saturated carbocycles. The van der Waals surface area contributed by atoms with Gasteiger partial charge in [-0.05, 0) is 38.0 Å². The zero-order valence-corrected chi connectivity index (χ0v) is 15.5. The average molecular weight is 373 g/mol. The number of rotatable bonds is 6. The minimum Gasteiger partial charge on any atom is -0.496 e. The molecule has 0 unspecified atom stereocenters. The molecular formula is C20H23NO6. The summed E-state index contributed by atoms with van der Waals surface area (Å²) in [6.07, 6.45) is 3.28. The van der Waals surface area contributed by atoms with Crippen LogP contribution in [0.3, 0.4) is 0 Å². The van der Waals surface area contributed by atoms with Gasteiger partial charge in [0, 0.05) is 11.1 Å². The number of hydrogen-bond donors (Lipinski definition) is 0. The van der Waals surface area contributed by atoms with Gasteiger partial charge in [-0.25, -0.2) is 0 Å². The Morgan fingerprint density at radius 1 is 1.11 bits per heavy atom. The molecular weight excluding hydrogens is 350 g/mol. The molecule has 0 bridgehead atoms. The lowest BCUT2D eigenvalue weighted by molar-refractivity contribution is -0.153. The maximum absolute atomic E-state index is 12.4. The number of esters is 1. The molecule has 1 heterocycles. The van der Waals surface area contributed by atoms with Crippen molar-refractivity contribution in [2.24, 2.45) is 11.8 Å². The van der Waals surface area contributed by atoms with Gasteiger partial charge in [0.25, 0.3) is 0 Å². The molecule has 1 aliphatic heterocycles. The van der Waals surface area contributed by atoms with Crippen LogP contribution in [0.5, 0.6) is 5.75 Å². The Labute approximate surface area is 157 Å². The lowest BCUT2D eigenvalue weighted by Gasteiger charge is -2.19. The van der Waals surface area contributed by atoms with Crippen LogP contribution in [-0.2, 0) is 25.7 Å². The quantitative estimate of drug-likeness (QED) is 0.431. The molecule has 2 atom stereocenters. The molecule has 0 spiro atoms. The number of ether oxygens (including phenoxy) is 2. The standard InChI is InChI=1S/C20H23NO6/c1-12(22)13-7-8-17(26-2)14(9-13)11-27-18(23)10-21-19(24)15-5-3-4-6-16(15)20(21)25/h7-9,15-16H,3-6,10-11H2,1-2H3/t15-,16+. The molecule has 2 aliphatic rings. The van der Waals surface area contributed by atoms with Gasteiger partial charge in [-0.15, -0.1) is 0 Å². The first-order valence-corrected chi connectivity index (χ1v) is 9.11. The molecule has 7 heteroatoms. The second-order valence-corrected chi connectivity index (χ2v) is 7.00. The van der Waals surface area contributed by atoms with Crippen molar-refractivity contribution in [1.82, 2.24) is 4.90 Å². The smallest absolute Gasteiger partial charge is 0.326 e. The SMILES string of the molecule is COc1ccc(C(C)=O)cc1COC(=O)CN1C(=O)[C@H]2CCCC[C@H]2C1=O. The minimum atomic E-state index is -0.661. The van der Waals surface area contributed by atoms with Crippen molar-refractivity contribution < 1.29 is 28.7 Å². The Bertz CT molecular complexity index is 763.